The molecule has 100 valence electrons. The summed E-state index contributed by atoms with van der Waals surface area (Å²) in [5.41, 5.74) is 5.90. The van der Waals surface area contributed by atoms with E-state index >= 15 is 0 Å². The highest BCUT2D eigenvalue weighted by molar-refractivity contribution is 5.58. The van der Waals surface area contributed by atoms with E-state index < -0.39 is 11.7 Å². The Labute approximate surface area is 107 Å². The van der Waals surface area contributed by atoms with E-state index in [-0.39, 0.29) is 6.04 Å². The minimum atomic E-state index is -4.35. The van der Waals surface area contributed by atoms with Gasteiger partial charge in [0.15, 0.2) is 5.82 Å². The lowest BCUT2D eigenvalue weighted by atomic mass is 10.1. The van der Waals surface area contributed by atoms with Crippen molar-refractivity contribution in [1.82, 2.24) is 15.2 Å². The van der Waals surface area contributed by atoms with Gasteiger partial charge < -0.3 is 5.73 Å². The molecule has 0 aliphatic carbocycles. The van der Waals surface area contributed by atoms with E-state index in [1.807, 2.05) is 0 Å². The van der Waals surface area contributed by atoms with Crippen molar-refractivity contribution in [3.05, 3.63) is 41.9 Å². The lowest BCUT2D eigenvalue weighted by molar-refractivity contribution is -0.137. The van der Waals surface area contributed by atoms with Crippen molar-refractivity contribution in [2.75, 3.05) is 0 Å². The molecule has 0 fully saturated rings. The lowest BCUT2D eigenvalue weighted by Gasteiger charge is -2.08. The SMILES string of the molecule is CC(N)c1nncc(-c2ccc(C(F)(F)F)cc2)n1. The van der Waals surface area contributed by atoms with Crippen LogP contribution in [0.1, 0.15) is 24.4 Å². The molecule has 0 saturated carbocycles. The predicted molar refractivity (Wildman–Crippen MR) is 62.9 cm³/mol. The van der Waals surface area contributed by atoms with Gasteiger partial charge in [-0.1, -0.05) is 12.1 Å². The predicted octanol–water partition coefficient (Wildman–Crippen LogP) is 2.58. The second kappa shape index (κ2) is 4.93. The first-order chi connectivity index (χ1) is 8.88. The summed E-state index contributed by atoms with van der Waals surface area (Å²) in [5, 5.41) is 7.49. The quantitative estimate of drug-likeness (QED) is 0.909. The van der Waals surface area contributed by atoms with Crippen molar-refractivity contribution < 1.29 is 13.2 Å². The molecule has 1 heterocycles. The molecule has 0 spiro atoms. The third-order valence-corrected chi connectivity index (χ3v) is 2.49. The number of benzene rings is 1. The fraction of sp³-hybridized carbons (Fsp3) is 0.250. The summed E-state index contributed by atoms with van der Waals surface area (Å²) in [4.78, 5) is 4.15. The number of aromatic nitrogens is 3. The number of rotatable bonds is 2. The van der Waals surface area contributed by atoms with Gasteiger partial charge in [0.05, 0.1) is 23.5 Å². The van der Waals surface area contributed by atoms with Gasteiger partial charge in [0.1, 0.15) is 0 Å². The number of hydrogen-bond acceptors (Lipinski definition) is 4. The molecule has 1 atom stereocenters. The molecule has 0 amide bonds. The fourth-order valence-corrected chi connectivity index (χ4v) is 1.48. The first-order valence-corrected chi connectivity index (χ1v) is 5.51. The molecule has 0 bridgehead atoms. The molecule has 2 rings (SSSR count). The first kappa shape index (κ1) is 13.4. The molecule has 7 heteroatoms. The summed E-state index contributed by atoms with van der Waals surface area (Å²) in [7, 11) is 0. The Morgan fingerprint density at radius 1 is 1.16 bits per heavy atom. The van der Waals surface area contributed by atoms with Gasteiger partial charge in [0, 0.05) is 5.56 Å². The zero-order valence-corrected chi connectivity index (χ0v) is 10.0. The second-order valence-corrected chi connectivity index (χ2v) is 4.06. The Morgan fingerprint density at radius 3 is 2.32 bits per heavy atom. The minimum Gasteiger partial charge on any atom is -0.321 e. The maximum Gasteiger partial charge on any atom is 0.416 e. The van der Waals surface area contributed by atoms with Gasteiger partial charge >= 0.3 is 6.18 Å². The summed E-state index contributed by atoms with van der Waals surface area (Å²) in [6, 6.07) is 4.31. The third kappa shape index (κ3) is 3.05. The molecule has 19 heavy (non-hydrogen) atoms. The van der Waals surface area contributed by atoms with E-state index in [0.717, 1.165) is 12.1 Å². The molecule has 1 aromatic carbocycles. The minimum absolute atomic E-state index is 0.345. The maximum atomic E-state index is 12.4. The standard InChI is InChI=1S/C12H11F3N4/c1-7(16)11-18-10(6-17-19-11)8-2-4-9(5-3-8)12(13,14)15/h2-7H,16H2,1H3. The molecule has 0 radical (unpaired) electrons. The van der Waals surface area contributed by atoms with Crippen LogP contribution in [-0.4, -0.2) is 15.2 Å². The van der Waals surface area contributed by atoms with Crippen molar-refractivity contribution in [3.63, 3.8) is 0 Å². The van der Waals surface area contributed by atoms with Gasteiger partial charge in [-0.2, -0.15) is 18.3 Å². The van der Waals surface area contributed by atoms with E-state index in [4.69, 9.17) is 5.73 Å². The highest BCUT2D eigenvalue weighted by Crippen LogP contribution is 2.30. The molecular weight excluding hydrogens is 257 g/mol. The lowest BCUT2D eigenvalue weighted by Crippen LogP contribution is -2.11. The van der Waals surface area contributed by atoms with Gasteiger partial charge in [-0.05, 0) is 19.1 Å². The average Bonchev–Trinajstić information content (AvgIpc) is 2.38. The third-order valence-electron chi connectivity index (χ3n) is 2.49. The summed E-state index contributed by atoms with van der Waals surface area (Å²) in [6.07, 6.45) is -2.96. The Bertz CT molecular complexity index is 564. The van der Waals surface area contributed by atoms with E-state index in [9.17, 15) is 13.2 Å². The maximum absolute atomic E-state index is 12.4. The Hall–Kier alpha value is -2.02. The molecular formula is C12H11F3N4. The number of alkyl halides is 3. The average molecular weight is 268 g/mol. The highest BCUT2D eigenvalue weighted by Gasteiger charge is 2.30. The van der Waals surface area contributed by atoms with Crippen molar-refractivity contribution in [2.24, 2.45) is 5.73 Å². The van der Waals surface area contributed by atoms with Gasteiger partial charge in [-0.3, -0.25) is 0 Å². The normalized spacial score (nSPS) is 13.3. The van der Waals surface area contributed by atoms with Crippen LogP contribution in [0, 0.1) is 0 Å². The van der Waals surface area contributed by atoms with Crippen LogP contribution in [0.4, 0.5) is 13.2 Å². The zero-order chi connectivity index (χ0) is 14.0. The van der Waals surface area contributed by atoms with Crippen LogP contribution >= 0.6 is 0 Å². The largest absolute Gasteiger partial charge is 0.416 e. The monoisotopic (exact) mass is 268 g/mol. The van der Waals surface area contributed by atoms with Gasteiger partial charge in [0.2, 0.25) is 0 Å². The van der Waals surface area contributed by atoms with Crippen LogP contribution in [0.2, 0.25) is 0 Å². The van der Waals surface area contributed by atoms with E-state index in [2.05, 4.69) is 15.2 Å². The van der Waals surface area contributed by atoms with Crippen molar-refractivity contribution in [2.45, 2.75) is 19.1 Å². The van der Waals surface area contributed by atoms with Crippen LogP contribution < -0.4 is 5.73 Å². The van der Waals surface area contributed by atoms with Crippen LogP contribution in [0.25, 0.3) is 11.3 Å². The number of nitrogens with zero attached hydrogens (tertiary/aromatic N) is 3. The zero-order valence-electron chi connectivity index (χ0n) is 10.0. The summed E-state index contributed by atoms with van der Waals surface area (Å²) < 4.78 is 37.3. The van der Waals surface area contributed by atoms with Gasteiger partial charge in [-0.25, -0.2) is 4.98 Å². The molecule has 1 unspecified atom stereocenters. The Kier molecular flexibility index (Phi) is 3.48. The summed E-state index contributed by atoms with van der Waals surface area (Å²) in [6.45, 7) is 1.70. The molecule has 1 aromatic heterocycles. The van der Waals surface area contributed by atoms with Crippen molar-refractivity contribution >= 4 is 0 Å². The van der Waals surface area contributed by atoms with Crippen LogP contribution in [0.15, 0.2) is 30.5 Å². The van der Waals surface area contributed by atoms with E-state index in [1.54, 1.807) is 6.92 Å². The molecule has 0 aliphatic rings. The number of hydrogen-bond donors (Lipinski definition) is 1. The van der Waals surface area contributed by atoms with Gasteiger partial charge in [-0.15, -0.1) is 5.10 Å². The highest BCUT2D eigenvalue weighted by atomic mass is 19.4. The van der Waals surface area contributed by atoms with E-state index in [0.29, 0.717) is 17.1 Å². The van der Waals surface area contributed by atoms with Crippen molar-refractivity contribution in [3.8, 4) is 11.3 Å². The summed E-state index contributed by atoms with van der Waals surface area (Å²) in [5.74, 6) is 0.345. The van der Waals surface area contributed by atoms with Crippen LogP contribution in [0.5, 0.6) is 0 Å². The van der Waals surface area contributed by atoms with Crippen LogP contribution in [-0.2, 0) is 6.18 Å². The van der Waals surface area contributed by atoms with Crippen molar-refractivity contribution in [1.29, 1.82) is 0 Å². The fourth-order valence-electron chi connectivity index (χ4n) is 1.48. The van der Waals surface area contributed by atoms with Crippen LogP contribution in [0.3, 0.4) is 0 Å². The smallest absolute Gasteiger partial charge is 0.321 e. The van der Waals surface area contributed by atoms with Gasteiger partial charge in [0.25, 0.3) is 0 Å². The molecule has 2 aromatic rings. The first-order valence-electron chi connectivity index (χ1n) is 5.51. The molecule has 0 aliphatic heterocycles. The Balaban J connectivity index is 2.35. The second-order valence-electron chi connectivity index (χ2n) is 4.06. The molecule has 4 nitrogen and oxygen atoms in total. The number of halogens is 3. The number of nitrogens with two attached hydrogens (primary N) is 1. The summed E-state index contributed by atoms with van der Waals surface area (Å²) >= 11 is 0. The molecule has 0 saturated heterocycles. The van der Waals surface area contributed by atoms with E-state index in [1.165, 1.54) is 18.3 Å². The Morgan fingerprint density at radius 2 is 1.79 bits per heavy atom. The molecule has 2 N–H and O–H groups in total. The topological polar surface area (TPSA) is 64.7 Å².